The number of phenols is 1. The van der Waals surface area contributed by atoms with Crippen molar-refractivity contribution in [1.82, 2.24) is 14.9 Å². The van der Waals surface area contributed by atoms with Gasteiger partial charge in [-0.25, -0.2) is 4.98 Å². The molecular formula is C31H38N6O3. The van der Waals surface area contributed by atoms with Crippen LogP contribution in [-0.2, 0) is 17.8 Å². The molecule has 2 fully saturated rings. The second kappa shape index (κ2) is 11.3. The van der Waals surface area contributed by atoms with Gasteiger partial charge in [0.15, 0.2) is 0 Å². The van der Waals surface area contributed by atoms with E-state index in [0.29, 0.717) is 25.6 Å². The van der Waals surface area contributed by atoms with Gasteiger partial charge in [0, 0.05) is 75.1 Å². The zero-order valence-electron chi connectivity index (χ0n) is 23.0. The van der Waals surface area contributed by atoms with E-state index in [1.165, 1.54) is 11.6 Å². The number of fused-ring (bicyclic) bond motifs is 2. The number of anilines is 3. The number of rotatable bonds is 6. The molecule has 3 aliphatic rings. The highest BCUT2D eigenvalue weighted by molar-refractivity contribution is 5.95. The molecule has 0 bridgehead atoms. The lowest BCUT2D eigenvalue weighted by Gasteiger charge is -2.39. The minimum Gasteiger partial charge on any atom is -0.508 e. The van der Waals surface area contributed by atoms with Crippen LogP contribution >= 0.6 is 0 Å². The number of phenolic OH excluding ortho intramolecular Hbond substituents is 1. The van der Waals surface area contributed by atoms with Crippen LogP contribution in [0.5, 0.6) is 5.75 Å². The summed E-state index contributed by atoms with van der Waals surface area (Å²) in [5, 5.41) is 22.0. The second-order valence-electron chi connectivity index (χ2n) is 11.1. The van der Waals surface area contributed by atoms with Crippen molar-refractivity contribution < 1.29 is 15.0 Å². The first-order chi connectivity index (χ1) is 19.5. The van der Waals surface area contributed by atoms with Gasteiger partial charge in [-0.1, -0.05) is 30.8 Å². The molecule has 0 saturated carbocycles. The Morgan fingerprint density at radius 2 is 1.75 bits per heavy atom. The van der Waals surface area contributed by atoms with Gasteiger partial charge in [-0.3, -0.25) is 4.79 Å². The lowest BCUT2D eigenvalue weighted by Crippen LogP contribution is -2.49. The molecule has 0 atom stereocenters. The van der Waals surface area contributed by atoms with E-state index in [9.17, 15) is 15.0 Å². The molecule has 1 amide bonds. The van der Waals surface area contributed by atoms with E-state index in [1.807, 2.05) is 35.2 Å². The smallest absolute Gasteiger partial charge is 0.246 e. The van der Waals surface area contributed by atoms with Crippen molar-refractivity contribution in [3.8, 4) is 5.75 Å². The van der Waals surface area contributed by atoms with E-state index in [0.717, 1.165) is 92.3 Å². The number of carbonyl (C=O) groups excluding carboxylic acids is 1. The van der Waals surface area contributed by atoms with Crippen molar-refractivity contribution in [1.29, 1.82) is 0 Å². The Hall–Kier alpha value is -3.85. The molecule has 2 saturated heterocycles. The van der Waals surface area contributed by atoms with Gasteiger partial charge in [-0.2, -0.15) is 4.98 Å². The fourth-order valence-electron chi connectivity index (χ4n) is 6.42. The largest absolute Gasteiger partial charge is 0.508 e. The predicted octanol–water partition coefficient (Wildman–Crippen LogP) is 3.33. The molecule has 0 spiro atoms. The van der Waals surface area contributed by atoms with Crippen molar-refractivity contribution in [2.24, 2.45) is 5.92 Å². The molecule has 3 aromatic rings. The number of piperazine rings is 1. The molecule has 3 aliphatic heterocycles. The molecule has 4 heterocycles. The molecule has 6 rings (SSSR count). The zero-order chi connectivity index (χ0) is 27.6. The van der Waals surface area contributed by atoms with Crippen molar-refractivity contribution >= 4 is 34.1 Å². The Kier molecular flexibility index (Phi) is 7.47. The van der Waals surface area contributed by atoms with Crippen LogP contribution in [0.1, 0.15) is 30.5 Å². The van der Waals surface area contributed by atoms with E-state index < -0.39 is 0 Å². The number of aliphatic hydroxyl groups excluding tert-OH is 1. The van der Waals surface area contributed by atoms with Crippen LogP contribution in [0.15, 0.2) is 49.1 Å². The standard InChI is InChI=1S/C31H38N6O3/c1-2-29(40)34-14-16-35(17-15-34)30-26-9-13-37(28-20-24(39)19-23-5-3-4-6-25(23)28)21-27(26)32-31(33-30)36-11-7-22(8-12-36)10-18-38/h2-6,19-20,22,38-39H,1,7-18,21H2. The number of carbonyl (C=O) groups is 1. The molecule has 210 valence electrons. The van der Waals surface area contributed by atoms with Crippen molar-refractivity contribution in [2.75, 3.05) is 67.1 Å². The maximum atomic E-state index is 12.2. The highest BCUT2D eigenvalue weighted by Gasteiger charge is 2.30. The number of aromatic hydroxyl groups is 1. The number of hydrogen-bond donors (Lipinski definition) is 2. The van der Waals surface area contributed by atoms with Crippen molar-refractivity contribution in [3.63, 3.8) is 0 Å². The number of aliphatic hydroxyl groups is 1. The molecule has 0 aliphatic carbocycles. The number of benzene rings is 2. The molecule has 0 radical (unpaired) electrons. The first kappa shape index (κ1) is 26.4. The summed E-state index contributed by atoms with van der Waals surface area (Å²) in [5.41, 5.74) is 3.23. The summed E-state index contributed by atoms with van der Waals surface area (Å²) in [5.74, 6) is 2.54. The van der Waals surface area contributed by atoms with E-state index in [-0.39, 0.29) is 18.3 Å². The zero-order valence-corrected chi connectivity index (χ0v) is 23.0. The highest BCUT2D eigenvalue weighted by atomic mass is 16.3. The topological polar surface area (TPSA) is 96.3 Å². The Balaban J connectivity index is 1.33. The number of hydrogen-bond acceptors (Lipinski definition) is 8. The Labute approximate surface area is 235 Å². The Bertz CT molecular complexity index is 1400. The van der Waals surface area contributed by atoms with E-state index in [4.69, 9.17) is 9.97 Å². The van der Waals surface area contributed by atoms with Gasteiger partial charge < -0.3 is 29.8 Å². The van der Waals surface area contributed by atoms with Gasteiger partial charge in [0.1, 0.15) is 11.6 Å². The van der Waals surface area contributed by atoms with Gasteiger partial charge in [-0.15, -0.1) is 0 Å². The van der Waals surface area contributed by atoms with Crippen LogP contribution in [0.2, 0.25) is 0 Å². The fraction of sp³-hybridized carbons (Fsp3) is 0.452. The monoisotopic (exact) mass is 542 g/mol. The first-order valence-corrected chi connectivity index (χ1v) is 14.4. The van der Waals surface area contributed by atoms with Crippen LogP contribution in [0.4, 0.5) is 17.5 Å². The molecule has 2 N–H and O–H groups in total. The predicted molar refractivity (Wildman–Crippen MR) is 158 cm³/mol. The number of piperidine rings is 1. The maximum Gasteiger partial charge on any atom is 0.246 e. The average Bonchev–Trinajstić information content (AvgIpc) is 3.00. The normalized spacial score (nSPS) is 18.2. The van der Waals surface area contributed by atoms with Crippen LogP contribution < -0.4 is 14.7 Å². The highest BCUT2D eigenvalue weighted by Crippen LogP contribution is 2.37. The van der Waals surface area contributed by atoms with Crippen molar-refractivity contribution in [3.05, 3.63) is 60.3 Å². The minimum absolute atomic E-state index is 0.0233. The molecular weight excluding hydrogens is 504 g/mol. The first-order valence-electron chi connectivity index (χ1n) is 14.4. The molecule has 1 aromatic heterocycles. The summed E-state index contributed by atoms with van der Waals surface area (Å²) in [7, 11) is 0. The van der Waals surface area contributed by atoms with Gasteiger partial charge in [-0.05, 0) is 49.1 Å². The Morgan fingerprint density at radius 1 is 0.975 bits per heavy atom. The van der Waals surface area contributed by atoms with Crippen LogP contribution in [0.25, 0.3) is 10.8 Å². The van der Waals surface area contributed by atoms with E-state index in [2.05, 4.69) is 27.3 Å². The van der Waals surface area contributed by atoms with E-state index in [1.54, 1.807) is 0 Å². The third kappa shape index (κ3) is 5.18. The number of nitrogens with zero attached hydrogens (tertiary/aromatic N) is 6. The molecule has 9 heteroatoms. The van der Waals surface area contributed by atoms with Gasteiger partial charge in [0.25, 0.3) is 0 Å². The van der Waals surface area contributed by atoms with Gasteiger partial charge in [0.05, 0.1) is 12.2 Å². The third-order valence-electron chi connectivity index (χ3n) is 8.70. The number of aromatic nitrogens is 2. The summed E-state index contributed by atoms with van der Waals surface area (Å²) >= 11 is 0. The Morgan fingerprint density at radius 3 is 2.50 bits per heavy atom. The van der Waals surface area contributed by atoms with Gasteiger partial charge >= 0.3 is 0 Å². The summed E-state index contributed by atoms with van der Waals surface area (Å²) in [4.78, 5) is 31.3. The minimum atomic E-state index is -0.0233. The summed E-state index contributed by atoms with van der Waals surface area (Å²) in [6.07, 6.45) is 5.10. The van der Waals surface area contributed by atoms with Crippen LogP contribution in [0, 0.1) is 5.92 Å². The SMILES string of the molecule is C=CC(=O)N1CCN(c2nc(N3CCC(CCO)CC3)nc3c2CCN(c2cc(O)cc4ccccc24)C3)CC1. The molecule has 9 nitrogen and oxygen atoms in total. The summed E-state index contributed by atoms with van der Waals surface area (Å²) < 4.78 is 0. The van der Waals surface area contributed by atoms with Crippen molar-refractivity contribution in [2.45, 2.75) is 32.2 Å². The quantitative estimate of drug-likeness (QED) is 0.458. The lowest BCUT2D eigenvalue weighted by molar-refractivity contribution is -0.126. The van der Waals surface area contributed by atoms with Crippen LogP contribution in [0.3, 0.4) is 0 Å². The van der Waals surface area contributed by atoms with Crippen LogP contribution in [-0.4, -0.2) is 83.4 Å². The lowest BCUT2D eigenvalue weighted by atomic mass is 9.94. The molecule has 40 heavy (non-hydrogen) atoms. The summed E-state index contributed by atoms with van der Waals surface area (Å²) in [6.45, 7) is 9.83. The van der Waals surface area contributed by atoms with E-state index >= 15 is 0 Å². The second-order valence-corrected chi connectivity index (χ2v) is 11.1. The maximum absolute atomic E-state index is 12.2. The number of amides is 1. The molecule has 0 unspecified atom stereocenters. The fourth-order valence-corrected chi connectivity index (χ4v) is 6.42. The third-order valence-corrected chi connectivity index (χ3v) is 8.70. The van der Waals surface area contributed by atoms with Gasteiger partial charge in [0.2, 0.25) is 11.9 Å². The average molecular weight is 543 g/mol. The molecule has 2 aromatic carbocycles. The summed E-state index contributed by atoms with van der Waals surface area (Å²) in [6, 6.07) is 11.8.